The van der Waals surface area contributed by atoms with Crippen molar-refractivity contribution in [1.29, 1.82) is 0 Å². The van der Waals surface area contributed by atoms with Gasteiger partial charge in [-0.1, -0.05) is 6.92 Å². The topological polar surface area (TPSA) is 122 Å². The number of nitrogens with zero attached hydrogens (tertiary/aromatic N) is 2. The van der Waals surface area contributed by atoms with E-state index in [-0.39, 0.29) is 15.6 Å². The predicted octanol–water partition coefficient (Wildman–Crippen LogP) is 4.79. The monoisotopic (exact) mass is 555 g/mol. The van der Waals surface area contributed by atoms with Crippen molar-refractivity contribution >= 4 is 49.7 Å². The van der Waals surface area contributed by atoms with Gasteiger partial charge in [0.05, 0.1) is 16.6 Å². The summed E-state index contributed by atoms with van der Waals surface area (Å²) in [5.41, 5.74) is 0.942. The lowest BCUT2D eigenvalue weighted by atomic mass is 10.2. The summed E-state index contributed by atoms with van der Waals surface area (Å²) in [5.74, 6) is 0.206. The molecule has 9 nitrogen and oxygen atoms in total. The fourth-order valence-electron chi connectivity index (χ4n) is 4.06. The van der Waals surface area contributed by atoms with Gasteiger partial charge in [0.25, 0.3) is 15.6 Å². The van der Waals surface area contributed by atoms with E-state index in [0.717, 1.165) is 34.5 Å². The number of hydrogen-bond acceptors (Lipinski definition) is 7. The summed E-state index contributed by atoms with van der Waals surface area (Å²) in [6.45, 7) is 4.39. The van der Waals surface area contributed by atoms with E-state index in [9.17, 15) is 18.0 Å². The van der Waals surface area contributed by atoms with Crippen molar-refractivity contribution in [2.45, 2.75) is 37.3 Å². The minimum absolute atomic E-state index is 0.00972. The van der Waals surface area contributed by atoms with Crippen molar-refractivity contribution in [3.05, 3.63) is 75.4 Å². The number of halogens is 1. The quantitative estimate of drug-likeness (QED) is 0.287. The van der Waals surface area contributed by atoms with Crippen molar-refractivity contribution in [3.63, 3.8) is 0 Å². The van der Waals surface area contributed by atoms with E-state index in [1.54, 1.807) is 19.1 Å². The van der Waals surface area contributed by atoms with E-state index in [1.807, 2.05) is 23.8 Å². The van der Waals surface area contributed by atoms with Gasteiger partial charge in [-0.25, -0.2) is 27.3 Å². The molecule has 4 aromatic rings. The fraction of sp³-hybridized carbons (Fsp3) is 0.269. The van der Waals surface area contributed by atoms with E-state index in [4.69, 9.17) is 0 Å². The largest absolute Gasteiger partial charge is 0.385 e. The first-order valence-electron chi connectivity index (χ1n) is 12.1. The third kappa shape index (κ3) is 5.41. The second kappa shape index (κ2) is 10.2. The van der Waals surface area contributed by atoms with Gasteiger partial charge in [0.1, 0.15) is 15.9 Å². The Morgan fingerprint density at radius 2 is 1.89 bits per heavy atom. The smallest absolute Gasteiger partial charge is 0.333 e. The molecule has 1 saturated carbocycles. The van der Waals surface area contributed by atoms with Crippen molar-refractivity contribution < 1.29 is 17.6 Å². The average Bonchev–Trinajstić information content (AvgIpc) is 3.56. The molecule has 38 heavy (non-hydrogen) atoms. The maximum absolute atomic E-state index is 15.2. The van der Waals surface area contributed by atoms with Gasteiger partial charge in [0.15, 0.2) is 0 Å². The molecule has 12 heteroatoms. The van der Waals surface area contributed by atoms with Gasteiger partial charge in [0.2, 0.25) is 0 Å². The van der Waals surface area contributed by atoms with Gasteiger partial charge in [-0.3, -0.25) is 9.36 Å². The molecule has 1 aliphatic rings. The van der Waals surface area contributed by atoms with Crippen LogP contribution in [0, 0.1) is 18.7 Å². The number of hydrogen-bond donors (Lipinski definition) is 3. The van der Waals surface area contributed by atoms with Crippen LogP contribution in [-0.4, -0.2) is 30.5 Å². The lowest BCUT2D eigenvalue weighted by Crippen LogP contribution is -2.34. The van der Waals surface area contributed by atoms with Crippen LogP contribution in [0.5, 0.6) is 0 Å². The molecule has 1 fully saturated rings. The van der Waals surface area contributed by atoms with E-state index in [0.29, 0.717) is 29.1 Å². The molecule has 0 bridgehead atoms. The normalized spacial score (nSPS) is 13.4. The lowest BCUT2D eigenvalue weighted by Gasteiger charge is -2.14. The number of benzene rings is 2. The number of carbonyl (C=O) groups is 1. The van der Waals surface area contributed by atoms with Crippen molar-refractivity contribution in [3.8, 4) is 5.69 Å². The molecule has 0 saturated heterocycles. The molecular weight excluding hydrogens is 529 g/mol. The summed E-state index contributed by atoms with van der Waals surface area (Å²) >= 11 is 1.07. The predicted molar refractivity (Wildman–Crippen MR) is 146 cm³/mol. The van der Waals surface area contributed by atoms with Crippen molar-refractivity contribution in [2.24, 2.45) is 5.92 Å². The fourth-order valence-corrected chi connectivity index (χ4v) is 6.26. The zero-order valence-corrected chi connectivity index (χ0v) is 22.4. The third-order valence-corrected chi connectivity index (χ3v) is 9.31. The van der Waals surface area contributed by atoms with Gasteiger partial charge in [-0.05, 0) is 80.6 Å². The molecule has 0 radical (unpaired) electrons. The second-order valence-electron chi connectivity index (χ2n) is 9.16. The molecule has 2 amide bonds. The van der Waals surface area contributed by atoms with E-state index in [1.165, 1.54) is 35.6 Å². The van der Waals surface area contributed by atoms with Gasteiger partial charge in [-0.2, -0.15) is 0 Å². The van der Waals surface area contributed by atoms with Gasteiger partial charge in [0, 0.05) is 22.8 Å². The van der Waals surface area contributed by atoms with Crippen LogP contribution < -0.4 is 20.9 Å². The number of aromatic nitrogens is 2. The first-order valence-corrected chi connectivity index (χ1v) is 14.4. The Morgan fingerprint density at radius 1 is 1.13 bits per heavy atom. The first kappa shape index (κ1) is 25.9. The highest BCUT2D eigenvalue weighted by Crippen LogP contribution is 2.29. The van der Waals surface area contributed by atoms with Gasteiger partial charge >= 0.3 is 6.03 Å². The molecule has 3 N–H and O–H groups in total. The van der Waals surface area contributed by atoms with E-state index in [2.05, 4.69) is 15.6 Å². The summed E-state index contributed by atoms with van der Waals surface area (Å²) in [4.78, 5) is 31.0. The number of thiophene rings is 1. The maximum Gasteiger partial charge on any atom is 0.333 e. The number of sulfonamides is 1. The number of aryl methyl sites for hydroxylation is 2. The van der Waals surface area contributed by atoms with Crippen molar-refractivity contribution in [1.82, 2.24) is 14.3 Å². The van der Waals surface area contributed by atoms with Crippen LogP contribution in [0.4, 0.5) is 20.6 Å². The number of fused-ring (bicyclic) bond motifs is 1. The summed E-state index contributed by atoms with van der Waals surface area (Å²) < 4.78 is 43.2. The van der Waals surface area contributed by atoms with E-state index >= 15 is 4.39 Å². The Balaban J connectivity index is 1.35. The molecule has 2 aromatic carbocycles. The molecule has 0 aliphatic heterocycles. The van der Waals surface area contributed by atoms with E-state index < -0.39 is 27.4 Å². The number of anilines is 2. The minimum Gasteiger partial charge on any atom is -0.385 e. The zero-order chi connectivity index (χ0) is 27.0. The molecule has 0 spiro atoms. The van der Waals surface area contributed by atoms with Crippen LogP contribution in [0.3, 0.4) is 0 Å². The number of urea groups is 1. The standard InChI is InChI=1S/C26H26FN5O4S2/c1-3-19-8-11-24(37-19)38(35,36)31-26(34)30-18-7-10-23(21(27)12-18)32-15(2)29-22-13-17(28-14-16-4-5-16)6-9-20(22)25(32)33/h6-13,16,28H,3-5,14H2,1-2H3,(H2,30,31,34). The minimum atomic E-state index is -4.07. The second-order valence-corrected chi connectivity index (χ2v) is 12.2. The molecule has 5 rings (SSSR count). The summed E-state index contributed by atoms with van der Waals surface area (Å²) in [5, 5.41) is 6.03. The summed E-state index contributed by atoms with van der Waals surface area (Å²) in [6, 6.07) is 11.1. The molecule has 0 unspecified atom stereocenters. The van der Waals surface area contributed by atoms with Gasteiger partial charge in [-0.15, -0.1) is 11.3 Å². The van der Waals surface area contributed by atoms with Crippen LogP contribution in [0.2, 0.25) is 0 Å². The number of nitrogens with one attached hydrogen (secondary N) is 3. The van der Waals surface area contributed by atoms with Crippen molar-refractivity contribution in [2.75, 3.05) is 17.2 Å². The Labute approximate surface area is 222 Å². The van der Waals surface area contributed by atoms with Crippen LogP contribution in [0.25, 0.3) is 16.6 Å². The molecular formula is C26H26FN5O4S2. The van der Waals surface area contributed by atoms with Gasteiger partial charge < -0.3 is 10.6 Å². The molecule has 2 aromatic heterocycles. The van der Waals surface area contributed by atoms with Crippen LogP contribution in [0.15, 0.2) is 57.5 Å². The highest BCUT2D eigenvalue weighted by Gasteiger charge is 2.22. The average molecular weight is 556 g/mol. The Kier molecular flexibility index (Phi) is 6.93. The SMILES string of the molecule is CCc1ccc(S(=O)(=O)NC(=O)Nc2ccc(-n3c(C)nc4cc(NCC5CC5)ccc4c3=O)c(F)c2)s1. The van der Waals surface area contributed by atoms with Crippen LogP contribution in [-0.2, 0) is 16.4 Å². The molecule has 1 aliphatic carbocycles. The maximum atomic E-state index is 15.2. The summed E-state index contributed by atoms with van der Waals surface area (Å²) in [7, 11) is -4.07. The van der Waals surface area contributed by atoms with Crippen LogP contribution in [0.1, 0.15) is 30.5 Å². The van der Waals surface area contributed by atoms with Crippen LogP contribution >= 0.6 is 11.3 Å². The Bertz CT molecular complexity index is 1710. The number of rotatable bonds is 8. The Morgan fingerprint density at radius 3 is 2.58 bits per heavy atom. The molecule has 198 valence electrons. The Hall–Kier alpha value is -3.77. The zero-order valence-electron chi connectivity index (χ0n) is 20.7. The first-order chi connectivity index (χ1) is 18.1. The highest BCUT2D eigenvalue weighted by molar-refractivity contribution is 7.92. The number of carbonyl (C=O) groups excluding carboxylic acids is 1. The highest BCUT2D eigenvalue weighted by atomic mass is 32.2. The lowest BCUT2D eigenvalue weighted by molar-refractivity contribution is 0.256. The molecule has 0 atom stereocenters. The number of amides is 2. The summed E-state index contributed by atoms with van der Waals surface area (Å²) in [6.07, 6.45) is 3.12. The molecule has 2 heterocycles. The third-order valence-electron chi connectivity index (χ3n) is 6.25.